The van der Waals surface area contributed by atoms with Crippen LogP contribution in [0.15, 0.2) is 54.7 Å². The molecule has 1 aliphatic heterocycles. The minimum Gasteiger partial charge on any atom is -0.454 e. The molecule has 2 heterocycles. The van der Waals surface area contributed by atoms with Crippen LogP contribution < -0.4 is 20.1 Å². The van der Waals surface area contributed by atoms with Crippen LogP contribution in [-0.2, 0) is 0 Å². The third-order valence-corrected chi connectivity index (χ3v) is 4.58. The van der Waals surface area contributed by atoms with Crippen molar-refractivity contribution in [1.82, 2.24) is 4.98 Å². The third-order valence-electron chi connectivity index (χ3n) is 4.17. The Morgan fingerprint density at radius 1 is 1.07 bits per heavy atom. The highest BCUT2D eigenvalue weighted by molar-refractivity contribution is 6.31. The van der Waals surface area contributed by atoms with Gasteiger partial charge < -0.3 is 20.1 Å². The van der Waals surface area contributed by atoms with Gasteiger partial charge in [-0.1, -0.05) is 17.7 Å². The van der Waals surface area contributed by atoms with Crippen molar-refractivity contribution in [2.45, 2.75) is 6.92 Å². The lowest BCUT2D eigenvalue weighted by atomic mass is 10.2. The SMILES string of the molecule is Cc1c(Cl)cccc1NC(=O)c1cc(Nc2ccc3c(c2)OCO3)ccn1. The maximum absolute atomic E-state index is 12.6. The van der Waals surface area contributed by atoms with Crippen molar-refractivity contribution in [3.05, 3.63) is 71.0 Å². The van der Waals surface area contributed by atoms with Crippen molar-refractivity contribution in [3.8, 4) is 11.5 Å². The van der Waals surface area contributed by atoms with E-state index in [4.69, 9.17) is 21.1 Å². The van der Waals surface area contributed by atoms with Crippen molar-refractivity contribution in [2.24, 2.45) is 0 Å². The van der Waals surface area contributed by atoms with Crippen LogP contribution in [0.2, 0.25) is 5.02 Å². The molecule has 1 aromatic heterocycles. The molecule has 0 atom stereocenters. The van der Waals surface area contributed by atoms with E-state index in [0.717, 1.165) is 16.9 Å². The number of rotatable bonds is 4. The summed E-state index contributed by atoms with van der Waals surface area (Å²) in [5, 5.41) is 6.68. The number of hydrogen-bond acceptors (Lipinski definition) is 5. The number of ether oxygens (including phenoxy) is 2. The van der Waals surface area contributed by atoms with Crippen LogP contribution in [0.1, 0.15) is 16.1 Å². The maximum Gasteiger partial charge on any atom is 0.274 e. The lowest BCUT2D eigenvalue weighted by molar-refractivity contribution is 0.102. The molecule has 6 nitrogen and oxygen atoms in total. The summed E-state index contributed by atoms with van der Waals surface area (Å²) in [6.45, 7) is 2.07. The predicted molar refractivity (Wildman–Crippen MR) is 104 cm³/mol. The minimum atomic E-state index is -0.310. The zero-order valence-corrected chi connectivity index (χ0v) is 15.2. The Labute approximate surface area is 161 Å². The van der Waals surface area contributed by atoms with E-state index in [1.807, 2.05) is 25.1 Å². The monoisotopic (exact) mass is 381 g/mol. The molecule has 1 amide bonds. The first-order valence-corrected chi connectivity index (χ1v) is 8.67. The van der Waals surface area contributed by atoms with E-state index in [-0.39, 0.29) is 12.7 Å². The van der Waals surface area contributed by atoms with E-state index in [9.17, 15) is 4.79 Å². The molecule has 0 bridgehead atoms. The van der Waals surface area contributed by atoms with Crippen LogP contribution in [0, 0.1) is 6.92 Å². The standard InChI is InChI=1S/C20H16ClN3O3/c1-12-15(21)3-2-4-16(12)24-20(25)17-9-14(7-8-22-17)23-13-5-6-18-19(10-13)27-11-26-18/h2-10H,11H2,1H3,(H,22,23)(H,24,25). The molecule has 0 spiro atoms. The highest BCUT2D eigenvalue weighted by Gasteiger charge is 2.14. The number of carbonyl (C=O) groups is 1. The van der Waals surface area contributed by atoms with Crippen LogP contribution in [0.25, 0.3) is 0 Å². The number of aromatic nitrogens is 1. The molecule has 0 unspecified atom stereocenters. The number of amides is 1. The van der Waals surface area contributed by atoms with Gasteiger partial charge in [-0.3, -0.25) is 9.78 Å². The summed E-state index contributed by atoms with van der Waals surface area (Å²) in [5.74, 6) is 1.09. The largest absolute Gasteiger partial charge is 0.454 e. The fourth-order valence-electron chi connectivity index (χ4n) is 2.70. The van der Waals surface area contributed by atoms with Gasteiger partial charge in [0.15, 0.2) is 11.5 Å². The molecule has 4 rings (SSSR count). The topological polar surface area (TPSA) is 72.5 Å². The summed E-state index contributed by atoms with van der Waals surface area (Å²) in [7, 11) is 0. The number of nitrogens with zero attached hydrogens (tertiary/aromatic N) is 1. The Morgan fingerprint density at radius 2 is 1.89 bits per heavy atom. The van der Waals surface area contributed by atoms with Gasteiger partial charge in [0.2, 0.25) is 6.79 Å². The second-order valence-corrected chi connectivity index (χ2v) is 6.40. The van der Waals surface area contributed by atoms with Gasteiger partial charge in [0, 0.05) is 34.3 Å². The van der Waals surface area contributed by atoms with E-state index in [1.54, 1.807) is 36.5 Å². The molecule has 0 saturated carbocycles. The predicted octanol–water partition coefficient (Wildman–Crippen LogP) is 4.77. The Bertz CT molecular complexity index is 1020. The number of nitrogens with one attached hydrogen (secondary N) is 2. The fourth-order valence-corrected chi connectivity index (χ4v) is 2.88. The zero-order valence-electron chi connectivity index (χ0n) is 14.5. The van der Waals surface area contributed by atoms with Crippen LogP contribution in [0.3, 0.4) is 0 Å². The van der Waals surface area contributed by atoms with Crippen molar-refractivity contribution in [3.63, 3.8) is 0 Å². The lowest BCUT2D eigenvalue weighted by Gasteiger charge is -2.11. The first-order valence-electron chi connectivity index (χ1n) is 8.29. The molecule has 7 heteroatoms. The van der Waals surface area contributed by atoms with Gasteiger partial charge in [-0.25, -0.2) is 0 Å². The average molecular weight is 382 g/mol. The van der Waals surface area contributed by atoms with Gasteiger partial charge >= 0.3 is 0 Å². The summed E-state index contributed by atoms with van der Waals surface area (Å²) >= 11 is 6.10. The molecule has 2 aromatic carbocycles. The van der Waals surface area contributed by atoms with Gasteiger partial charge in [0.25, 0.3) is 5.91 Å². The molecule has 0 radical (unpaired) electrons. The van der Waals surface area contributed by atoms with Gasteiger partial charge in [-0.2, -0.15) is 0 Å². The quantitative estimate of drug-likeness (QED) is 0.681. The molecule has 2 N–H and O–H groups in total. The van der Waals surface area contributed by atoms with E-state index < -0.39 is 0 Å². The molecule has 3 aromatic rings. The molecular weight excluding hydrogens is 366 g/mol. The second-order valence-electron chi connectivity index (χ2n) is 5.99. The minimum absolute atomic E-state index is 0.223. The molecule has 0 aliphatic carbocycles. The lowest BCUT2D eigenvalue weighted by Crippen LogP contribution is -2.14. The summed E-state index contributed by atoms with van der Waals surface area (Å²) in [6.07, 6.45) is 1.58. The Hall–Kier alpha value is -3.25. The van der Waals surface area contributed by atoms with Crippen LogP contribution >= 0.6 is 11.6 Å². The smallest absolute Gasteiger partial charge is 0.274 e. The third kappa shape index (κ3) is 3.66. The Balaban J connectivity index is 1.52. The van der Waals surface area contributed by atoms with E-state index in [0.29, 0.717) is 27.9 Å². The van der Waals surface area contributed by atoms with Gasteiger partial charge in [0.1, 0.15) is 5.69 Å². The van der Waals surface area contributed by atoms with Crippen LogP contribution in [0.5, 0.6) is 11.5 Å². The molecule has 0 saturated heterocycles. The normalized spacial score (nSPS) is 11.9. The first-order chi connectivity index (χ1) is 13.1. The van der Waals surface area contributed by atoms with Crippen molar-refractivity contribution in [1.29, 1.82) is 0 Å². The number of hydrogen-bond donors (Lipinski definition) is 2. The van der Waals surface area contributed by atoms with Crippen LogP contribution in [-0.4, -0.2) is 17.7 Å². The second kappa shape index (κ2) is 7.17. The van der Waals surface area contributed by atoms with Gasteiger partial charge in [-0.15, -0.1) is 0 Å². The van der Waals surface area contributed by atoms with E-state index >= 15 is 0 Å². The summed E-state index contributed by atoms with van der Waals surface area (Å²) in [4.78, 5) is 16.7. The summed E-state index contributed by atoms with van der Waals surface area (Å²) < 4.78 is 10.7. The van der Waals surface area contributed by atoms with Crippen LogP contribution in [0.4, 0.5) is 17.1 Å². The molecule has 1 aliphatic rings. The van der Waals surface area contributed by atoms with Gasteiger partial charge in [0.05, 0.1) is 0 Å². The Morgan fingerprint density at radius 3 is 2.78 bits per heavy atom. The van der Waals surface area contributed by atoms with E-state index in [1.165, 1.54) is 0 Å². The van der Waals surface area contributed by atoms with Crippen molar-refractivity contribution < 1.29 is 14.3 Å². The highest BCUT2D eigenvalue weighted by atomic mass is 35.5. The first kappa shape index (κ1) is 17.2. The highest BCUT2D eigenvalue weighted by Crippen LogP contribution is 2.35. The number of pyridine rings is 1. The number of carbonyl (C=O) groups excluding carboxylic acids is 1. The number of benzene rings is 2. The number of anilines is 3. The van der Waals surface area contributed by atoms with Crippen molar-refractivity contribution >= 4 is 34.6 Å². The average Bonchev–Trinajstić information content (AvgIpc) is 3.13. The molecular formula is C20H16ClN3O3. The Kier molecular flexibility index (Phi) is 4.56. The zero-order chi connectivity index (χ0) is 18.8. The molecule has 136 valence electrons. The summed E-state index contributed by atoms with van der Waals surface area (Å²) in [6, 6.07) is 14.4. The van der Waals surface area contributed by atoms with Gasteiger partial charge in [-0.05, 0) is 48.9 Å². The van der Waals surface area contributed by atoms with E-state index in [2.05, 4.69) is 15.6 Å². The number of halogens is 1. The van der Waals surface area contributed by atoms with Crippen molar-refractivity contribution in [2.75, 3.05) is 17.4 Å². The molecule has 0 fully saturated rings. The maximum atomic E-state index is 12.6. The molecule has 27 heavy (non-hydrogen) atoms. The number of fused-ring (bicyclic) bond motifs is 1. The summed E-state index contributed by atoms with van der Waals surface area (Å²) in [5.41, 5.74) is 3.31. The fraction of sp³-hybridized carbons (Fsp3) is 0.100.